The lowest BCUT2D eigenvalue weighted by molar-refractivity contribution is 0.0953. The Morgan fingerprint density at radius 2 is 2.11 bits per heavy atom. The molecular weight excluding hydrogens is 271 g/mol. The van der Waals surface area contributed by atoms with E-state index in [1.54, 1.807) is 0 Å². The second kappa shape index (κ2) is 7.59. The normalized spacial score (nSPS) is 10.7. The number of nitrogens with one attached hydrogen (secondary N) is 1. The lowest BCUT2D eigenvalue weighted by Crippen LogP contribution is -2.24. The number of nitrogens with zero attached hydrogens (tertiary/aromatic N) is 1. The van der Waals surface area contributed by atoms with E-state index in [2.05, 4.69) is 24.1 Å². The van der Waals surface area contributed by atoms with Crippen LogP contribution in [-0.4, -0.2) is 17.4 Å². The third-order valence-corrected chi connectivity index (χ3v) is 3.07. The van der Waals surface area contributed by atoms with E-state index >= 15 is 0 Å². The van der Waals surface area contributed by atoms with Crippen molar-refractivity contribution in [1.29, 1.82) is 0 Å². The first-order valence-corrected chi connectivity index (χ1v) is 6.85. The smallest absolute Gasteiger partial charge is 0.252 e. The standard InChI is InChI=1S/C13H18Cl2N2O/c1-9(2)5-3-4-6-16-13(18)10-7-12(15)17-8-11(10)14/h7-9H,3-6H2,1-2H3,(H,16,18). The number of aromatic nitrogens is 1. The third-order valence-electron chi connectivity index (χ3n) is 2.56. The van der Waals surface area contributed by atoms with Crippen molar-refractivity contribution >= 4 is 29.1 Å². The van der Waals surface area contributed by atoms with Crippen LogP contribution in [0.1, 0.15) is 43.5 Å². The highest BCUT2D eigenvalue weighted by atomic mass is 35.5. The van der Waals surface area contributed by atoms with Gasteiger partial charge in [0.2, 0.25) is 0 Å². The first kappa shape index (κ1) is 15.3. The summed E-state index contributed by atoms with van der Waals surface area (Å²) in [6, 6.07) is 1.48. The molecule has 1 amide bonds. The van der Waals surface area contributed by atoms with Gasteiger partial charge in [-0.05, 0) is 18.4 Å². The molecule has 0 radical (unpaired) electrons. The molecule has 18 heavy (non-hydrogen) atoms. The molecule has 3 nitrogen and oxygen atoms in total. The van der Waals surface area contributed by atoms with Gasteiger partial charge in [0.25, 0.3) is 5.91 Å². The molecule has 0 atom stereocenters. The maximum Gasteiger partial charge on any atom is 0.252 e. The van der Waals surface area contributed by atoms with Gasteiger partial charge in [0.1, 0.15) is 5.15 Å². The Labute approximate surface area is 118 Å². The monoisotopic (exact) mass is 288 g/mol. The van der Waals surface area contributed by atoms with Crippen molar-refractivity contribution in [3.63, 3.8) is 0 Å². The molecule has 0 aliphatic heterocycles. The number of hydrogen-bond donors (Lipinski definition) is 1. The molecule has 0 aromatic carbocycles. The van der Waals surface area contributed by atoms with Gasteiger partial charge in [-0.2, -0.15) is 0 Å². The van der Waals surface area contributed by atoms with E-state index in [9.17, 15) is 4.79 Å². The van der Waals surface area contributed by atoms with E-state index < -0.39 is 0 Å². The second-order valence-electron chi connectivity index (χ2n) is 4.63. The highest BCUT2D eigenvalue weighted by Crippen LogP contribution is 2.17. The van der Waals surface area contributed by atoms with Crippen LogP contribution in [0, 0.1) is 5.92 Å². The van der Waals surface area contributed by atoms with Gasteiger partial charge < -0.3 is 5.32 Å². The first-order valence-electron chi connectivity index (χ1n) is 6.10. The predicted molar refractivity (Wildman–Crippen MR) is 75.3 cm³/mol. The molecule has 100 valence electrons. The quantitative estimate of drug-likeness (QED) is 0.636. The molecular formula is C13H18Cl2N2O. The SMILES string of the molecule is CC(C)CCCCNC(=O)c1cc(Cl)ncc1Cl. The molecule has 1 aromatic heterocycles. The summed E-state index contributed by atoms with van der Waals surface area (Å²) in [5.74, 6) is 0.503. The van der Waals surface area contributed by atoms with Crippen LogP contribution in [0.3, 0.4) is 0 Å². The fourth-order valence-corrected chi connectivity index (χ4v) is 1.91. The van der Waals surface area contributed by atoms with Gasteiger partial charge in [-0.3, -0.25) is 4.79 Å². The topological polar surface area (TPSA) is 42.0 Å². The summed E-state index contributed by atoms with van der Waals surface area (Å²) in [6.07, 6.45) is 4.65. The summed E-state index contributed by atoms with van der Waals surface area (Å²) in [5, 5.41) is 3.42. The molecule has 0 fully saturated rings. The van der Waals surface area contributed by atoms with Crippen LogP contribution in [0.5, 0.6) is 0 Å². The fourth-order valence-electron chi connectivity index (χ4n) is 1.56. The summed E-state index contributed by atoms with van der Waals surface area (Å²) in [7, 11) is 0. The molecule has 0 spiro atoms. The molecule has 1 N–H and O–H groups in total. The molecule has 1 heterocycles. The zero-order valence-electron chi connectivity index (χ0n) is 10.7. The predicted octanol–water partition coefficient (Wildman–Crippen LogP) is 3.94. The fraction of sp³-hybridized carbons (Fsp3) is 0.538. The molecule has 1 rings (SSSR count). The minimum Gasteiger partial charge on any atom is -0.352 e. The number of halogens is 2. The van der Waals surface area contributed by atoms with Crippen LogP contribution in [0.2, 0.25) is 10.2 Å². The molecule has 1 aromatic rings. The summed E-state index contributed by atoms with van der Waals surface area (Å²) < 4.78 is 0. The van der Waals surface area contributed by atoms with Gasteiger partial charge in [-0.25, -0.2) is 4.98 Å². The lowest BCUT2D eigenvalue weighted by atomic mass is 10.1. The van der Waals surface area contributed by atoms with E-state index in [-0.39, 0.29) is 11.1 Å². The van der Waals surface area contributed by atoms with Gasteiger partial charge in [0.05, 0.1) is 10.6 Å². The van der Waals surface area contributed by atoms with Gasteiger partial charge in [0, 0.05) is 12.7 Å². The van der Waals surface area contributed by atoms with Gasteiger partial charge in [0.15, 0.2) is 0 Å². The van der Waals surface area contributed by atoms with Gasteiger partial charge in [-0.15, -0.1) is 0 Å². The van der Waals surface area contributed by atoms with E-state index in [1.807, 2.05) is 0 Å². The van der Waals surface area contributed by atoms with E-state index in [0.717, 1.165) is 12.8 Å². The number of carbonyl (C=O) groups is 1. The average molecular weight is 289 g/mol. The molecule has 0 saturated carbocycles. The Morgan fingerprint density at radius 3 is 2.78 bits per heavy atom. The van der Waals surface area contributed by atoms with E-state index in [0.29, 0.717) is 23.0 Å². The van der Waals surface area contributed by atoms with E-state index in [4.69, 9.17) is 23.2 Å². The van der Waals surface area contributed by atoms with Gasteiger partial charge >= 0.3 is 0 Å². The van der Waals surface area contributed by atoms with Crippen LogP contribution >= 0.6 is 23.2 Å². The van der Waals surface area contributed by atoms with E-state index in [1.165, 1.54) is 18.7 Å². The molecule has 0 saturated heterocycles. The highest BCUT2D eigenvalue weighted by Gasteiger charge is 2.10. The summed E-state index contributed by atoms with van der Waals surface area (Å²) in [6.45, 7) is 5.04. The molecule has 5 heteroatoms. The number of rotatable bonds is 6. The van der Waals surface area contributed by atoms with Crippen molar-refractivity contribution in [3.8, 4) is 0 Å². The van der Waals surface area contributed by atoms with Crippen molar-refractivity contribution in [2.24, 2.45) is 5.92 Å². The molecule has 0 unspecified atom stereocenters. The number of pyridine rings is 1. The Balaban J connectivity index is 2.39. The number of carbonyl (C=O) groups excluding carboxylic acids is 1. The lowest BCUT2D eigenvalue weighted by Gasteiger charge is -2.07. The number of hydrogen-bond acceptors (Lipinski definition) is 2. The van der Waals surface area contributed by atoms with Crippen LogP contribution < -0.4 is 5.32 Å². The molecule has 0 aliphatic rings. The Kier molecular flexibility index (Phi) is 6.44. The second-order valence-corrected chi connectivity index (χ2v) is 5.43. The largest absolute Gasteiger partial charge is 0.352 e. The first-order chi connectivity index (χ1) is 8.50. The maximum atomic E-state index is 11.8. The minimum absolute atomic E-state index is 0.200. The van der Waals surface area contributed by atoms with Crippen LogP contribution in [0.25, 0.3) is 0 Å². The van der Waals surface area contributed by atoms with Crippen molar-refractivity contribution in [1.82, 2.24) is 10.3 Å². The van der Waals surface area contributed by atoms with Crippen molar-refractivity contribution in [2.45, 2.75) is 33.1 Å². The van der Waals surface area contributed by atoms with Crippen molar-refractivity contribution in [2.75, 3.05) is 6.54 Å². The average Bonchev–Trinajstić information content (AvgIpc) is 2.31. The maximum absolute atomic E-state index is 11.8. The Bertz CT molecular complexity index is 408. The zero-order chi connectivity index (χ0) is 13.5. The Hall–Kier alpha value is -0.800. The highest BCUT2D eigenvalue weighted by molar-refractivity contribution is 6.35. The number of unbranched alkanes of at least 4 members (excludes halogenated alkanes) is 1. The van der Waals surface area contributed by atoms with Crippen LogP contribution in [-0.2, 0) is 0 Å². The molecule has 0 aliphatic carbocycles. The summed E-state index contributed by atoms with van der Waals surface area (Å²) in [5.41, 5.74) is 0.375. The van der Waals surface area contributed by atoms with Gasteiger partial charge in [-0.1, -0.05) is 49.9 Å². The third kappa shape index (κ3) is 5.23. The summed E-state index contributed by atoms with van der Waals surface area (Å²) in [4.78, 5) is 15.6. The van der Waals surface area contributed by atoms with Crippen LogP contribution in [0.15, 0.2) is 12.3 Å². The zero-order valence-corrected chi connectivity index (χ0v) is 12.2. The number of amides is 1. The summed E-state index contributed by atoms with van der Waals surface area (Å²) >= 11 is 11.6. The molecule has 0 bridgehead atoms. The van der Waals surface area contributed by atoms with Crippen molar-refractivity contribution < 1.29 is 4.79 Å². The Morgan fingerprint density at radius 1 is 1.39 bits per heavy atom. The van der Waals surface area contributed by atoms with Crippen LogP contribution in [0.4, 0.5) is 0 Å². The van der Waals surface area contributed by atoms with Crippen molar-refractivity contribution in [3.05, 3.63) is 28.0 Å². The minimum atomic E-state index is -0.200.